The smallest absolute Gasteiger partial charge is 0.336 e. The van der Waals surface area contributed by atoms with Crippen molar-refractivity contribution in [3.05, 3.63) is 28.8 Å². The van der Waals surface area contributed by atoms with Crippen molar-refractivity contribution in [1.29, 1.82) is 0 Å². The van der Waals surface area contributed by atoms with Crippen molar-refractivity contribution < 1.29 is 18.3 Å². The Bertz CT molecular complexity index is 756. The fourth-order valence-electron chi connectivity index (χ4n) is 3.07. The predicted molar refractivity (Wildman–Crippen MR) is 101 cm³/mol. The van der Waals surface area contributed by atoms with E-state index in [1.165, 1.54) is 12.1 Å². The Hall–Kier alpha value is -1.48. The summed E-state index contributed by atoms with van der Waals surface area (Å²) in [5, 5.41) is 9.28. The Morgan fingerprint density at radius 2 is 1.85 bits per heavy atom. The van der Waals surface area contributed by atoms with E-state index >= 15 is 0 Å². The number of hydrogen-bond donors (Lipinski definition) is 2. The average molecular weight is 384 g/mol. The van der Waals surface area contributed by atoms with Gasteiger partial charge in [-0.15, -0.1) is 0 Å². The van der Waals surface area contributed by atoms with Gasteiger partial charge in [-0.25, -0.2) is 17.9 Å². The van der Waals surface area contributed by atoms with E-state index in [1.54, 1.807) is 13.8 Å². The summed E-state index contributed by atoms with van der Waals surface area (Å²) in [6.07, 6.45) is 0. The minimum Gasteiger partial charge on any atom is -0.478 e. The third-order valence-electron chi connectivity index (χ3n) is 4.97. The Balaban J connectivity index is 2.01. The van der Waals surface area contributed by atoms with E-state index in [0.29, 0.717) is 17.7 Å². The van der Waals surface area contributed by atoms with Crippen LogP contribution in [0.2, 0.25) is 0 Å². The molecule has 2 rings (SSSR count). The van der Waals surface area contributed by atoms with E-state index in [9.17, 15) is 18.3 Å². The summed E-state index contributed by atoms with van der Waals surface area (Å²) < 4.78 is 27.8. The van der Waals surface area contributed by atoms with E-state index in [4.69, 9.17) is 0 Å². The number of piperazine rings is 1. The first kappa shape index (κ1) is 20.8. The topological polar surface area (TPSA) is 90.0 Å². The van der Waals surface area contributed by atoms with E-state index < -0.39 is 16.0 Å². The van der Waals surface area contributed by atoms with Crippen molar-refractivity contribution in [3.8, 4) is 0 Å². The number of benzene rings is 1. The molecule has 1 heterocycles. The summed E-state index contributed by atoms with van der Waals surface area (Å²) in [6, 6.07) is 2.76. The molecular weight excluding hydrogens is 354 g/mol. The molecule has 0 spiro atoms. The molecule has 1 aromatic carbocycles. The van der Waals surface area contributed by atoms with Crippen LogP contribution in [0.5, 0.6) is 0 Å². The molecule has 1 atom stereocenters. The Morgan fingerprint density at radius 1 is 1.23 bits per heavy atom. The van der Waals surface area contributed by atoms with Crippen molar-refractivity contribution in [2.45, 2.75) is 25.7 Å². The minimum atomic E-state index is -3.74. The highest BCUT2D eigenvalue weighted by molar-refractivity contribution is 7.89. The number of aryl methyl sites for hydroxylation is 1. The van der Waals surface area contributed by atoms with Crippen LogP contribution in [0.3, 0.4) is 0 Å². The number of sulfonamides is 1. The lowest BCUT2D eigenvalue weighted by atomic mass is 10.0. The van der Waals surface area contributed by atoms with E-state index in [-0.39, 0.29) is 16.4 Å². The van der Waals surface area contributed by atoms with Crippen molar-refractivity contribution in [1.82, 2.24) is 14.5 Å². The second kappa shape index (κ2) is 8.47. The van der Waals surface area contributed by atoms with Gasteiger partial charge in [0.2, 0.25) is 10.0 Å². The second-order valence-corrected chi connectivity index (χ2v) is 9.05. The molecule has 146 valence electrons. The lowest BCUT2D eigenvalue weighted by Gasteiger charge is -2.33. The summed E-state index contributed by atoms with van der Waals surface area (Å²) in [6.45, 7) is 10.6. The monoisotopic (exact) mass is 383 g/mol. The van der Waals surface area contributed by atoms with Crippen LogP contribution in [-0.2, 0) is 10.0 Å². The first-order valence-corrected chi connectivity index (χ1v) is 10.3. The summed E-state index contributed by atoms with van der Waals surface area (Å²) in [4.78, 5) is 16.0. The second-order valence-electron chi connectivity index (χ2n) is 7.28. The molecule has 1 unspecified atom stereocenters. The van der Waals surface area contributed by atoms with Gasteiger partial charge < -0.3 is 14.9 Å². The van der Waals surface area contributed by atoms with Crippen LogP contribution in [0.25, 0.3) is 0 Å². The molecule has 0 bridgehead atoms. The highest BCUT2D eigenvalue weighted by Crippen LogP contribution is 2.20. The Kier molecular flexibility index (Phi) is 6.79. The maximum Gasteiger partial charge on any atom is 0.336 e. The lowest BCUT2D eigenvalue weighted by Crippen LogP contribution is -2.46. The number of hydrogen-bond acceptors (Lipinski definition) is 5. The van der Waals surface area contributed by atoms with Crippen molar-refractivity contribution >= 4 is 16.0 Å². The maximum absolute atomic E-state index is 12.6. The quantitative estimate of drug-likeness (QED) is 0.734. The fraction of sp³-hybridized carbons (Fsp3) is 0.611. The zero-order valence-corrected chi connectivity index (χ0v) is 16.8. The normalized spacial score (nSPS) is 18.0. The van der Waals surface area contributed by atoms with Crippen LogP contribution in [-0.4, -0.2) is 75.6 Å². The van der Waals surface area contributed by atoms with Gasteiger partial charge in [0, 0.05) is 39.3 Å². The summed E-state index contributed by atoms with van der Waals surface area (Å²) in [5.41, 5.74) is 1.26. The average Bonchev–Trinajstić information content (AvgIpc) is 2.57. The SMILES string of the molecule is Cc1cc(S(=O)(=O)NCC(C)CN2CCN(C)CC2)cc(C(=O)O)c1C. The fourth-order valence-corrected chi connectivity index (χ4v) is 4.35. The number of carboxylic acids is 1. The maximum atomic E-state index is 12.6. The molecule has 7 nitrogen and oxygen atoms in total. The van der Waals surface area contributed by atoms with Crippen LogP contribution >= 0.6 is 0 Å². The molecule has 0 saturated carbocycles. The molecule has 1 aliphatic rings. The third-order valence-corrected chi connectivity index (χ3v) is 6.37. The van der Waals surface area contributed by atoms with Crippen LogP contribution in [0, 0.1) is 19.8 Å². The van der Waals surface area contributed by atoms with Gasteiger partial charge in [-0.2, -0.15) is 0 Å². The zero-order chi connectivity index (χ0) is 19.5. The van der Waals surface area contributed by atoms with Crippen LogP contribution in [0.4, 0.5) is 0 Å². The molecule has 1 saturated heterocycles. The van der Waals surface area contributed by atoms with Crippen molar-refractivity contribution in [3.63, 3.8) is 0 Å². The van der Waals surface area contributed by atoms with E-state index in [1.807, 2.05) is 6.92 Å². The number of carboxylic acid groups (broad SMARTS) is 1. The van der Waals surface area contributed by atoms with Gasteiger partial charge in [-0.05, 0) is 50.1 Å². The highest BCUT2D eigenvalue weighted by Gasteiger charge is 2.21. The minimum absolute atomic E-state index is 0.00444. The molecule has 8 heteroatoms. The Morgan fingerprint density at radius 3 is 2.42 bits per heavy atom. The zero-order valence-electron chi connectivity index (χ0n) is 15.9. The molecule has 2 N–H and O–H groups in total. The largest absolute Gasteiger partial charge is 0.478 e. The summed E-state index contributed by atoms with van der Waals surface area (Å²) >= 11 is 0. The van der Waals surface area contributed by atoms with Gasteiger partial charge in [-0.3, -0.25) is 0 Å². The molecule has 1 aromatic rings. The molecule has 0 amide bonds. The van der Waals surface area contributed by atoms with E-state index in [2.05, 4.69) is 21.6 Å². The third kappa shape index (κ3) is 5.26. The van der Waals surface area contributed by atoms with Gasteiger partial charge in [0.05, 0.1) is 10.5 Å². The molecule has 26 heavy (non-hydrogen) atoms. The highest BCUT2D eigenvalue weighted by atomic mass is 32.2. The van der Waals surface area contributed by atoms with Gasteiger partial charge in [0.15, 0.2) is 0 Å². The van der Waals surface area contributed by atoms with Crippen LogP contribution in [0.15, 0.2) is 17.0 Å². The van der Waals surface area contributed by atoms with Gasteiger partial charge in [-0.1, -0.05) is 6.92 Å². The molecule has 0 radical (unpaired) electrons. The van der Waals surface area contributed by atoms with Gasteiger partial charge >= 0.3 is 5.97 Å². The first-order chi connectivity index (χ1) is 12.1. The standard InChI is InChI=1S/C18H29N3O4S/c1-13(12-21-7-5-20(4)6-8-21)11-19-26(24,25)16-9-14(2)15(3)17(10-16)18(22)23/h9-10,13,19H,5-8,11-12H2,1-4H3,(H,22,23). The van der Waals surface area contributed by atoms with Gasteiger partial charge in [0.25, 0.3) is 0 Å². The molecular formula is C18H29N3O4S. The van der Waals surface area contributed by atoms with Gasteiger partial charge in [0.1, 0.15) is 0 Å². The van der Waals surface area contributed by atoms with E-state index in [0.717, 1.165) is 32.7 Å². The number of nitrogens with zero attached hydrogens (tertiary/aromatic N) is 2. The lowest BCUT2D eigenvalue weighted by molar-refractivity contribution is 0.0695. The summed E-state index contributed by atoms with van der Waals surface area (Å²) in [7, 11) is -1.64. The van der Waals surface area contributed by atoms with Crippen LogP contribution in [0.1, 0.15) is 28.4 Å². The predicted octanol–water partition coefficient (Wildman–Crippen LogP) is 1.16. The van der Waals surface area contributed by atoms with Crippen molar-refractivity contribution in [2.24, 2.45) is 5.92 Å². The number of rotatable bonds is 7. The first-order valence-electron chi connectivity index (χ1n) is 8.85. The summed E-state index contributed by atoms with van der Waals surface area (Å²) in [5.74, 6) is -0.954. The van der Waals surface area contributed by atoms with Crippen molar-refractivity contribution in [2.75, 3.05) is 46.3 Å². The number of likely N-dealkylation sites (N-methyl/N-ethyl adjacent to an activating group) is 1. The van der Waals surface area contributed by atoms with Crippen LogP contribution < -0.4 is 4.72 Å². The molecule has 0 aromatic heterocycles. The molecule has 1 fully saturated rings. The number of aromatic carboxylic acids is 1. The number of carbonyl (C=O) groups is 1. The molecule has 1 aliphatic heterocycles. The molecule has 0 aliphatic carbocycles. The number of nitrogens with one attached hydrogen (secondary N) is 1. The Labute approximate surface area is 156 Å².